The van der Waals surface area contributed by atoms with Gasteiger partial charge in [0.2, 0.25) is 0 Å². The Kier molecular flexibility index (Phi) is 3.12. The van der Waals surface area contributed by atoms with E-state index in [-0.39, 0.29) is 5.92 Å². The number of aryl methyl sites for hydroxylation is 2. The van der Waals surface area contributed by atoms with Gasteiger partial charge in [0.15, 0.2) is 5.58 Å². The molecule has 5 heteroatoms. The molecule has 0 aliphatic carbocycles. The Hall–Kier alpha value is -2.04. The zero-order valence-electron chi connectivity index (χ0n) is 11.7. The number of carboxylic acid groups (broad SMARTS) is 1. The number of benzene rings is 1. The largest absolute Gasteiger partial charge is 0.481 e. The zero-order valence-corrected chi connectivity index (χ0v) is 11.7. The van der Waals surface area contributed by atoms with Crippen molar-refractivity contribution >= 4 is 23.1 Å². The van der Waals surface area contributed by atoms with E-state index in [1.165, 1.54) is 5.56 Å². The molecule has 20 heavy (non-hydrogen) atoms. The van der Waals surface area contributed by atoms with Gasteiger partial charge in [-0.25, -0.2) is 0 Å². The number of rotatable bonds is 2. The number of anilines is 1. The summed E-state index contributed by atoms with van der Waals surface area (Å²) in [4.78, 5) is 17.5. The van der Waals surface area contributed by atoms with Gasteiger partial charge in [-0.2, -0.15) is 4.98 Å². The summed E-state index contributed by atoms with van der Waals surface area (Å²) < 4.78 is 5.86. The average molecular weight is 274 g/mol. The average Bonchev–Trinajstić information content (AvgIpc) is 2.83. The van der Waals surface area contributed by atoms with E-state index >= 15 is 0 Å². The third-order valence-electron chi connectivity index (χ3n) is 3.92. The van der Waals surface area contributed by atoms with Gasteiger partial charge >= 0.3 is 5.97 Å². The van der Waals surface area contributed by atoms with Crippen LogP contribution in [0.15, 0.2) is 16.5 Å². The molecule has 0 radical (unpaired) electrons. The van der Waals surface area contributed by atoms with Gasteiger partial charge in [-0.3, -0.25) is 4.79 Å². The highest BCUT2D eigenvalue weighted by molar-refractivity contribution is 5.79. The maximum Gasteiger partial charge on any atom is 0.306 e. The van der Waals surface area contributed by atoms with Crippen LogP contribution in [0, 0.1) is 19.8 Å². The predicted octanol–water partition coefficient (Wildman–Crippen LogP) is 2.75. The molecule has 1 aliphatic heterocycles. The molecule has 1 saturated heterocycles. The van der Waals surface area contributed by atoms with Crippen LogP contribution in [0.4, 0.5) is 6.01 Å². The molecular formula is C15H18N2O3. The molecule has 1 N–H and O–H groups in total. The van der Waals surface area contributed by atoms with E-state index in [0.29, 0.717) is 31.9 Å². The molecule has 0 spiro atoms. The molecule has 0 bridgehead atoms. The first kappa shape index (κ1) is 13.0. The molecule has 1 aromatic heterocycles. The highest BCUT2D eigenvalue weighted by Gasteiger charge is 2.26. The van der Waals surface area contributed by atoms with Crippen molar-refractivity contribution in [2.45, 2.75) is 26.7 Å². The Bertz CT molecular complexity index is 654. The van der Waals surface area contributed by atoms with Crippen molar-refractivity contribution in [3.05, 3.63) is 23.3 Å². The number of nitrogens with zero attached hydrogens (tertiary/aromatic N) is 2. The van der Waals surface area contributed by atoms with Crippen LogP contribution in [-0.4, -0.2) is 29.1 Å². The molecule has 0 unspecified atom stereocenters. The Labute approximate surface area is 117 Å². The Morgan fingerprint density at radius 3 is 2.70 bits per heavy atom. The first-order chi connectivity index (χ1) is 9.54. The van der Waals surface area contributed by atoms with Gasteiger partial charge in [0.25, 0.3) is 6.01 Å². The van der Waals surface area contributed by atoms with Gasteiger partial charge in [0, 0.05) is 13.1 Å². The number of aliphatic carboxylic acids is 1. The molecule has 3 rings (SSSR count). The molecule has 1 aromatic carbocycles. The molecular weight excluding hydrogens is 256 g/mol. The minimum absolute atomic E-state index is 0.236. The molecule has 1 aliphatic rings. The van der Waals surface area contributed by atoms with Crippen LogP contribution in [0.5, 0.6) is 0 Å². The fourth-order valence-electron chi connectivity index (χ4n) is 2.82. The number of carbonyl (C=O) groups is 1. The van der Waals surface area contributed by atoms with Crippen molar-refractivity contribution in [3.63, 3.8) is 0 Å². The van der Waals surface area contributed by atoms with Crippen LogP contribution in [-0.2, 0) is 4.79 Å². The minimum Gasteiger partial charge on any atom is -0.481 e. The summed E-state index contributed by atoms with van der Waals surface area (Å²) in [7, 11) is 0. The van der Waals surface area contributed by atoms with Crippen LogP contribution in [0.3, 0.4) is 0 Å². The van der Waals surface area contributed by atoms with E-state index in [9.17, 15) is 4.79 Å². The van der Waals surface area contributed by atoms with Crippen LogP contribution in [0.25, 0.3) is 11.1 Å². The quantitative estimate of drug-likeness (QED) is 0.912. The number of hydrogen-bond donors (Lipinski definition) is 1. The van der Waals surface area contributed by atoms with E-state index < -0.39 is 5.97 Å². The van der Waals surface area contributed by atoms with Gasteiger partial charge in [-0.05, 0) is 43.9 Å². The molecule has 106 valence electrons. The fraction of sp³-hybridized carbons (Fsp3) is 0.467. The molecule has 0 saturated carbocycles. The summed E-state index contributed by atoms with van der Waals surface area (Å²) in [5.74, 6) is -0.937. The Balaban J connectivity index is 1.85. The smallest absolute Gasteiger partial charge is 0.306 e. The van der Waals surface area contributed by atoms with Gasteiger partial charge in [-0.15, -0.1) is 0 Å². The van der Waals surface area contributed by atoms with Crippen LogP contribution < -0.4 is 4.90 Å². The van der Waals surface area contributed by atoms with E-state index in [1.54, 1.807) is 0 Å². The lowest BCUT2D eigenvalue weighted by molar-refractivity contribution is -0.142. The third kappa shape index (κ3) is 2.24. The lowest BCUT2D eigenvalue weighted by Crippen LogP contribution is -2.36. The summed E-state index contributed by atoms with van der Waals surface area (Å²) in [6.07, 6.45) is 1.29. The van der Waals surface area contributed by atoms with Gasteiger partial charge in [0.05, 0.1) is 5.92 Å². The number of carboxylic acids is 1. The lowest BCUT2D eigenvalue weighted by Gasteiger charge is -2.28. The second-order valence-corrected chi connectivity index (χ2v) is 5.53. The van der Waals surface area contributed by atoms with E-state index in [1.807, 2.05) is 24.8 Å². The van der Waals surface area contributed by atoms with Crippen molar-refractivity contribution in [2.75, 3.05) is 18.0 Å². The Morgan fingerprint density at radius 2 is 2.05 bits per heavy atom. The van der Waals surface area contributed by atoms with Crippen molar-refractivity contribution in [1.29, 1.82) is 0 Å². The second kappa shape index (κ2) is 4.81. The molecule has 0 amide bonds. The second-order valence-electron chi connectivity index (χ2n) is 5.53. The highest BCUT2D eigenvalue weighted by atomic mass is 16.4. The molecule has 2 aromatic rings. The zero-order chi connectivity index (χ0) is 14.3. The molecule has 0 atom stereocenters. The topological polar surface area (TPSA) is 66.6 Å². The summed E-state index contributed by atoms with van der Waals surface area (Å²) in [5.41, 5.74) is 3.95. The highest BCUT2D eigenvalue weighted by Crippen LogP contribution is 2.28. The lowest BCUT2D eigenvalue weighted by atomic mass is 9.97. The predicted molar refractivity (Wildman–Crippen MR) is 76.1 cm³/mol. The van der Waals surface area contributed by atoms with E-state index in [4.69, 9.17) is 9.52 Å². The van der Waals surface area contributed by atoms with Gasteiger partial charge in [0.1, 0.15) is 5.52 Å². The minimum atomic E-state index is -0.700. The van der Waals surface area contributed by atoms with Crippen molar-refractivity contribution in [2.24, 2.45) is 5.92 Å². The monoisotopic (exact) mass is 274 g/mol. The fourth-order valence-corrected chi connectivity index (χ4v) is 2.82. The van der Waals surface area contributed by atoms with Gasteiger partial charge < -0.3 is 14.4 Å². The SMILES string of the molecule is Cc1cc(C)c2oc(N3CCC(C(=O)O)CC3)nc2c1. The first-order valence-corrected chi connectivity index (χ1v) is 6.90. The van der Waals surface area contributed by atoms with Crippen LogP contribution >= 0.6 is 0 Å². The van der Waals surface area contributed by atoms with Crippen LogP contribution in [0.2, 0.25) is 0 Å². The normalized spacial score (nSPS) is 16.8. The van der Waals surface area contributed by atoms with Crippen molar-refractivity contribution in [1.82, 2.24) is 4.98 Å². The first-order valence-electron chi connectivity index (χ1n) is 6.90. The maximum atomic E-state index is 11.0. The Morgan fingerprint density at radius 1 is 1.35 bits per heavy atom. The standard InChI is InChI=1S/C15H18N2O3/c1-9-7-10(2)13-12(8-9)16-15(20-13)17-5-3-11(4-6-17)14(18)19/h7-8,11H,3-6H2,1-2H3,(H,18,19). The van der Waals surface area contributed by atoms with Gasteiger partial charge in [-0.1, -0.05) is 6.07 Å². The van der Waals surface area contributed by atoms with E-state index in [0.717, 1.165) is 16.7 Å². The number of hydrogen-bond acceptors (Lipinski definition) is 4. The maximum absolute atomic E-state index is 11.0. The van der Waals surface area contributed by atoms with Crippen molar-refractivity contribution < 1.29 is 14.3 Å². The van der Waals surface area contributed by atoms with Crippen LogP contribution in [0.1, 0.15) is 24.0 Å². The summed E-state index contributed by atoms with van der Waals surface area (Å²) in [5, 5.41) is 9.02. The number of fused-ring (bicyclic) bond motifs is 1. The molecule has 5 nitrogen and oxygen atoms in total. The number of piperidine rings is 1. The number of aromatic nitrogens is 1. The number of oxazole rings is 1. The van der Waals surface area contributed by atoms with Crippen molar-refractivity contribution in [3.8, 4) is 0 Å². The molecule has 1 fully saturated rings. The summed E-state index contributed by atoms with van der Waals surface area (Å²) in [6.45, 7) is 5.42. The summed E-state index contributed by atoms with van der Waals surface area (Å²) >= 11 is 0. The van der Waals surface area contributed by atoms with E-state index in [2.05, 4.69) is 11.1 Å². The summed E-state index contributed by atoms with van der Waals surface area (Å²) in [6, 6.07) is 4.70. The third-order valence-corrected chi connectivity index (χ3v) is 3.92. The molecule has 2 heterocycles.